The number of hydrogen-bond donors (Lipinski definition) is 1. The van der Waals surface area contributed by atoms with Crippen molar-refractivity contribution in [3.05, 3.63) is 222 Å². The molecule has 5 heteroatoms. The number of amidine groups is 2. The Kier molecular flexibility index (Phi) is 8.12. The van der Waals surface area contributed by atoms with Crippen molar-refractivity contribution in [3.63, 3.8) is 0 Å². The first-order chi connectivity index (χ1) is 30.7. The summed E-state index contributed by atoms with van der Waals surface area (Å²) >= 11 is 0. The molecule has 5 atom stereocenters. The Morgan fingerprint density at radius 2 is 1.40 bits per heavy atom. The molecule has 1 N–H and O–H groups in total. The number of aliphatic imine (C=N–C) groups is 2. The number of aromatic nitrogens is 1. The summed E-state index contributed by atoms with van der Waals surface area (Å²) in [6.45, 7) is 0. The molecule has 0 radical (unpaired) electrons. The van der Waals surface area contributed by atoms with E-state index >= 15 is 0 Å². The fourth-order valence-electron chi connectivity index (χ4n) is 11.4. The second-order valence-corrected chi connectivity index (χ2v) is 17.6. The number of hydrogen-bond acceptors (Lipinski definition) is 4. The summed E-state index contributed by atoms with van der Waals surface area (Å²) in [6, 6.07) is 58.0. The Hall–Kier alpha value is -7.24. The lowest BCUT2D eigenvalue weighted by Crippen LogP contribution is -2.40. The number of fused-ring (bicyclic) bond motifs is 10. The molecule has 2 aliphatic heterocycles. The summed E-state index contributed by atoms with van der Waals surface area (Å²) in [5.74, 6) is 2.51. The molecule has 0 fully saturated rings. The van der Waals surface area contributed by atoms with Crippen LogP contribution in [-0.2, 0) is 0 Å². The SMILES string of the molecule is C1=CC(n2c3ccccc3c3ccc4ccccc4c32)C2CC3C(=CC2=C1)N(C1CC=C(C2=NC(c4ccccc4)N=C(c4ccc5ccccc5c4)N2)CC1)c1ccccc13. The molecular weight excluding hydrogens is 755 g/mol. The van der Waals surface area contributed by atoms with Crippen molar-refractivity contribution in [1.82, 2.24) is 9.88 Å². The van der Waals surface area contributed by atoms with Crippen LogP contribution in [0.2, 0.25) is 0 Å². The number of nitrogens with zero attached hydrogens (tertiary/aromatic N) is 4. The summed E-state index contributed by atoms with van der Waals surface area (Å²) in [5.41, 5.74) is 11.8. The van der Waals surface area contributed by atoms with Gasteiger partial charge in [-0.1, -0.05) is 164 Å². The fraction of sp³-hybridized carbons (Fsp3) is 0.158. The first-order valence-corrected chi connectivity index (χ1v) is 22.3. The molecule has 3 aliphatic carbocycles. The Morgan fingerprint density at radius 1 is 0.645 bits per heavy atom. The van der Waals surface area contributed by atoms with Gasteiger partial charge in [0.1, 0.15) is 11.7 Å². The number of allylic oxidation sites excluding steroid dienone is 6. The van der Waals surface area contributed by atoms with E-state index in [0.29, 0.717) is 17.9 Å². The molecule has 5 nitrogen and oxygen atoms in total. The average molecular weight is 800 g/mol. The molecule has 5 aliphatic rings. The van der Waals surface area contributed by atoms with Crippen molar-refractivity contribution < 1.29 is 0 Å². The van der Waals surface area contributed by atoms with Crippen LogP contribution in [-0.4, -0.2) is 22.3 Å². The van der Waals surface area contributed by atoms with Crippen molar-refractivity contribution in [2.24, 2.45) is 15.9 Å². The summed E-state index contributed by atoms with van der Waals surface area (Å²) in [4.78, 5) is 13.2. The van der Waals surface area contributed by atoms with Crippen LogP contribution in [0.3, 0.4) is 0 Å². The minimum atomic E-state index is -0.304. The highest BCUT2D eigenvalue weighted by molar-refractivity contribution is 6.18. The van der Waals surface area contributed by atoms with Crippen LogP contribution in [0.25, 0.3) is 43.4 Å². The standard InChI is InChI=1S/C57H45N5/c1-2-15-38(16-3-1)55-58-56(60-57(59-55)42-26-25-36-13-4-5-17-40(36)33-42)39-27-30-43(31-28-39)61-50-22-10-9-21-46(50)49-35-48-41(34-53(49)61)18-12-24-52(48)62-51-23-11-8-20-45(51)47-32-29-37-14-6-7-19-44(37)54(47)62/h1-27,29,32-34,43,48-49,52,55H,28,30-31,35H2,(H,58,59,60). The fourth-order valence-corrected chi connectivity index (χ4v) is 11.4. The number of rotatable bonds is 5. The molecule has 0 amide bonds. The van der Waals surface area contributed by atoms with E-state index in [9.17, 15) is 0 Å². The number of benzene rings is 7. The lowest BCUT2D eigenvalue weighted by Gasteiger charge is -2.40. The molecule has 13 rings (SSSR count). The molecule has 62 heavy (non-hydrogen) atoms. The predicted octanol–water partition coefficient (Wildman–Crippen LogP) is 13.3. The van der Waals surface area contributed by atoms with Gasteiger partial charge in [-0.2, -0.15) is 0 Å². The van der Waals surface area contributed by atoms with E-state index in [1.807, 2.05) is 0 Å². The van der Waals surface area contributed by atoms with Gasteiger partial charge in [-0.15, -0.1) is 0 Å². The van der Waals surface area contributed by atoms with Crippen LogP contribution in [0.15, 0.2) is 215 Å². The zero-order valence-corrected chi connectivity index (χ0v) is 34.4. The average Bonchev–Trinajstić information content (AvgIpc) is 3.86. The molecule has 8 aromatic rings. The monoisotopic (exact) mass is 799 g/mol. The third-order valence-electron chi connectivity index (χ3n) is 14.3. The first kappa shape index (κ1) is 35.5. The maximum atomic E-state index is 5.27. The van der Waals surface area contributed by atoms with E-state index in [1.165, 1.54) is 71.4 Å². The van der Waals surface area contributed by atoms with E-state index in [1.54, 1.807) is 0 Å². The van der Waals surface area contributed by atoms with Crippen LogP contribution < -0.4 is 10.2 Å². The summed E-state index contributed by atoms with van der Waals surface area (Å²) in [7, 11) is 0. The van der Waals surface area contributed by atoms with Gasteiger partial charge in [0.25, 0.3) is 0 Å². The van der Waals surface area contributed by atoms with Crippen molar-refractivity contribution in [1.29, 1.82) is 0 Å². The smallest absolute Gasteiger partial charge is 0.169 e. The highest BCUT2D eigenvalue weighted by Crippen LogP contribution is 2.56. The lowest BCUT2D eigenvalue weighted by atomic mass is 9.73. The van der Waals surface area contributed by atoms with Gasteiger partial charge in [0.15, 0.2) is 6.17 Å². The predicted molar refractivity (Wildman–Crippen MR) is 257 cm³/mol. The quantitative estimate of drug-likeness (QED) is 0.188. The van der Waals surface area contributed by atoms with Gasteiger partial charge in [0.2, 0.25) is 0 Å². The topological polar surface area (TPSA) is 44.9 Å². The second kappa shape index (κ2) is 14.2. The number of para-hydroxylation sites is 2. The van der Waals surface area contributed by atoms with E-state index in [-0.39, 0.29) is 12.2 Å². The first-order valence-electron chi connectivity index (χ1n) is 22.3. The van der Waals surface area contributed by atoms with Crippen molar-refractivity contribution in [2.75, 3.05) is 4.90 Å². The Morgan fingerprint density at radius 3 is 2.29 bits per heavy atom. The zero-order chi connectivity index (χ0) is 40.7. The van der Waals surface area contributed by atoms with Crippen molar-refractivity contribution in [2.45, 2.75) is 49.9 Å². The van der Waals surface area contributed by atoms with Gasteiger partial charge >= 0.3 is 0 Å². The molecule has 3 heterocycles. The second-order valence-electron chi connectivity index (χ2n) is 17.6. The highest BCUT2D eigenvalue weighted by Gasteiger charge is 2.44. The van der Waals surface area contributed by atoms with E-state index in [2.05, 4.69) is 203 Å². The van der Waals surface area contributed by atoms with Gasteiger partial charge in [-0.3, -0.25) is 0 Å². The molecule has 5 unspecified atom stereocenters. The maximum Gasteiger partial charge on any atom is 0.169 e. The molecule has 0 saturated heterocycles. The molecule has 1 aromatic heterocycles. The minimum Gasteiger partial charge on any atom is -0.341 e. The molecule has 0 spiro atoms. The molecule has 7 aromatic carbocycles. The molecule has 0 bridgehead atoms. The molecular formula is C57H45N5. The Balaban J connectivity index is 0.839. The highest BCUT2D eigenvalue weighted by atomic mass is 15.2. The van der Waals surface area contributed by atoms with Crippen LogP contribution in [0.4, 0.5) is 5.69 Å². The van der Waals surface area contributed by atoms with E-state index in [4.69, 9.17) is 9.98 Å². The third kappa shape index (κ3) is 5.61. The van der Waals surface area contributed by atoms with E-state index in [0.717, 1.165) is 48.5 Å². The summed E-state index contributed by atoms with van der Waals surface area (Å²) < 4.78 is 2.67. The maximum absolute atomic E-state index is 5.27. The number of anilines is 1. The number of nitrogens with one attached hydrogen (secondary N) is 1. The van der Waals surface area contributed by atoms with Gasteiger partial charge in [-0.05, 0) is 88.4 Å². The Bertz CT molecular complexity index is 3320. The van der Waals surface area contributed by atoms with Crippen LogP contribution in [0, 0.1) is 5.92 Å². The van der Waals surface area contributed by atoms with Crippen LogP contribution in [0.5, 0.6) is 0 Å². The largest absolute Gasteiger partial charge is 0.341 e. The molecule has 298 valence electrons. The normalized spacial score (nSPS) is 22.9. The van der Waals surface area contributed by atoms with Gasteiger partial charge in [-0.25, -0.2) is 9.98 Å². The van der Waals surface area contributed by atoms with Gasteiger partial charge < -0.3 is 14.8 Å². The van der Waals surface area contributed by atoms with Crippen LogP contribution >= 0.6 is 0 Å². The summed E-state index contributed by atoms with van der Waals surface area (Å²) in [5, 5.41) is 11.4. The van der Waals surface area contributed by atoms with Gasteiger partial charge in [0.05, 0.1) is 11.6 Å². The van der Waals surface area contributed by atoms with Crippen LogP contribution in [0.1, 0.15) is 60.5 Å². The van der Waals surface area contributed by atoms with Gasteiger partial charge in [0, 0.05) is 56.5 Å². The molecule has 0 saturated carbocycles. The minimum absolute atomic E-state index is 0.203. The third-order valence-corrected chi connectivity index (χ3v) is 14.3. The van der Waals surface area contributed by atoms with Crippen molar-refractivity contribution in [3.8, 4) is 0 Å². The zero-order valence-electron chi connectivity index (χ0n) is 34.4. The van der Waals surface area contributed by atoms with Crippen molar-refractivity contribution >= 4 is 60.7 Å². The van der Waals surface area contributed by atoms with E-state index < -0.39 is 0 Å². The lowest BCUT2D eigenvalue weighted by molar-refractivity contribution is 0.399. The summed E-state index contributed by atoms with van der Waals surface area (Å²) in [6.07, 6.45) is 15.9. The Labute approximate surface area is 361 Å².